The number of H-pyrrole nitrogens is 1. The van der Waals surface area contributed by atoms with Crippen LogP contribution in [0.3, 0.4) is 0 Å². The van der Waals surface area contributed by atoms with Crippen molar-refractivity contribution in [3.05, 3.63) is 42.6 Å². The molecule has 0 atom stereocenters. The van der Waals surface area contributed by atoms with Gasteiger partial charge in [-0.3, -0.25) is 9.48 Å². The fraction of sp³-hybridized carbons (Fsp3) is 0.333. The summed E-state index contributed by atoms with van der Waals surface area (Å²) in [5, 5.41) is 5.50. The molecule has 0 radical (unpaired) electrons. The van der Waals surface area contributed by atoms with Crippen molar-refractivity contribution in [2.24, 2.45) is 0 Å². The van der Waals surface area contributed by atoms with Crippen LogP contribution in [0, 0.1) is 5.82 Å². The van der Waals surface area contributed by atoms with Gasteiger partial charge in [0.25, 0.3) is 0 Å². The Morgan fingerprint density at radius 2 is 2.12 bits per heavy atom. The maximum absolute atomic E-state index is 13.3. The first kappa shape index (κ1) is 14.9. The quantitative estimate of drug-likeness (QED) is 0.785. The second kappa shape index (κ2) is 5.78. The van der Waals surface area contributed by atoms with Gasteiger partial charge in [-0.1, -0.05) is 0 Å². The molecule has 124 valence electrons. The van der Waals surface area contributed by atoms with Gasteiger partial charge in [0.1, 0.15) is 5.82 Å². The molecule has 1 amide bonds. The van der Waals surface area contributed by atoms with Crippen LogP contribution in [0.25, 0.3) is 22.0 Å². The van der Waals surface area contributed by atoms with E-state index in [2.05, 4.69) is 10.1 Å². The molecule has 3 heterocycles. The summed E-state index contributed by atoms with van der Waals surface area (Å²) in [6.07, 6.45) is 7.62. The van der Waals surface area contributed by atoms with Gasteiger partial charge in [0.2, 0.25) is 5.91 Å². The van der Waals surface area contributed by atoms with Crippen LogP contribution in [0.5, 0.6) is 0 Å². The molecule has 1 aromatic carbocycles. The van der Waals surface area contributed by atoms with Crippen molar-refractivity contribution in [1.82, 2.24) is 19.7 Å². The lowest BCUT2D eigenvalue weighted by molar-refractivity contribution is -0.130. The van der Waals surface area contributed by atoms with Crippen molar-refractivity contribution in [1.29, 1.82) is 0 Å². The van der Waals surface area contributed by atoms with Crippen molar-refractivity contribution in [2.75, 3.05) is 13.1 Å². The molecule has 0 unspecified atom stereocenters. The summed E-state index contributed by atoms with van der Waals surface area (Å²) in [5.74, 6) is -0.107. The number of benzene rings is 1. The second-order valence-electron chi connectivity index (χ2n) is 6.34. The molecule has 6 heteroatoms. The predicted octanol–water partition coefficient (Wildman–Crippen LogP) is 3.35. The Morgan fingerprint density at radius 3 is 2.88 bits per heavy atom. The molecule has 24 heavy (non-hydrogen) atoms. The number of aromatic amines is 1. The molecule has 1 fully saturated rings. The minimum absolute atomic E-state index is 0.139. The van der Waals surface area contributed by atoms with Crippen molar-refractivity contribution in [3.8, 4) is 11.1 Å². The number of carbonyl (C=O) groups is 1. The molecule has 3 aromatic rings. The van der Waals surface area contributed by atoms with E-state index in [-0.39, 0.29) is 11.7 Å². The standard InChI is InChI=1S/C18H19FN4O/c1-12(24)22-6-4-15(5-7-22)23-11-13(9-21-23)17-10-20-18-8-14(19)2-3-16(17)18/h2-3,8-11,15,20H,4-7H2,1H3. The van der Waals surface area contributed by atoms with Crippen molar-refractivity contribution in [2.45, 2.75) is 25.8 Å². The predicted molar refractivity (Wildman–Crippen MR) is 90.0 cm³/mol. The van der Waals surface area contributed by atoms with Crippen LogP contribution in [-0.4, -0.2) is 38.7 Å². The Morgan fingerprint density at radius 1 is 1.33 bits per heavy atom. The highest BCUT2D eigenvalue weighted by molar-refractivity contribution is 5.95. The Balaban J connectivity index is 1.57. The largest absolute Gasteiger partial charge is 0.360 e. The van der Waals surface area contributed by atoms with Crippen molar-refractivity contribution >= 4 is 16.8 Å². The van der Waals surface area contributed by atoms with Crippen LogP contribution in [0.15, 0.2) is 36.8 Å². The molecule has 0 aliphatic carbocycles. The summed E-state index contributed by atoms with van der Waals surface area (Å²) in [4.78, 5) is 16.4. The Kier molecular flexibility index (Phi) is 3.59. The van der Waals surface area contributed by atoms with E-state index >= 15 is 0 Å². The SMILES string of the molecule is CC(=O)N1CCC(n2cc(-c3c[nH]c4cc(F)ccc34)cn2)CC1. The van der Waals surface area contributed by atoms with Gasteiger partial charge in [0.05, 0.1) is 12.2 Å². The molecular weight excluding hydrogens is 307 g/mol. The van der Waals surface area contributed by atoms with E-state index < -0.39 is 0 Å². The number of amides is 1. The molecule has 1 aliphatic heterocycles. The summed E-state index contributed by atoms with van der Waals surface area (Å²) in [5.41, 5.74) is 2.83. The number of likely N-dealkylation sites (tertiary alicyclic amines) is 1. The minimum Gasteiger partial charge on any atom is -0.360 e. The maximum Gasteiger partial charge on any atom is 0.219 e. The molecule has 0 spiro atoms. The number of halogens is 1. The smallest absolute Gasteiger partial charge is 0.219 e. The second-order valence-corrected chi connectivity index (χ2v) is 6.34. The minimum atomic E-state index is -0.246. The van der Waals surface area contributed by atoms with Crippen LogP contribution in [-0.2, 0) is 4.79 Å². The van der Waals surface area contributed by atoms with E-state index in [1.165, 1.54) is 12.1 Å². The Hall–Kier alpha value is -2.63. The first-order valence-electron chi connectivity index (χ1n) is 8.18. The highest BCUT2D eigenvalue weighted by atomic mass is 19.1. The molecule has 1 saturated heterocycles. The Bertz CT molecular complexity index is 889. The summed E-state index contributed by atoms with van der Waals surface area (Å²) >= 11 is 0. The van der Waals surface area contributed by atoms with Gasteiger partial charge in [-0.2, -0.15) is 5.10 Å². The highest BCUT2D eigenvalue weighted by Crippen LogP contribution is 2.30. The third-order valence-electron chi connectivity index (χ3n) is 4.84. The zero-order valence-corrected chi connectivity index (χ0v) is 13.5. The third kappa shape index (κ3) is 2.58. The number of aromatic nitrogens is 3. The number of fused-ring (bicyclic) bond motifs is 1. The number of hydrogen-bond donors (Lipinski definition) is 1. The molecule has 0 bridgehead atoms. The zero-order valence-electron chi connectivity index (χ0n) is 13.5. The number of nitrogens with zero attached hydrogens (tertiary/aromatic N) is 3. The molecule has 4 rings (SSSR count). The van der Waals surface area contributed by atoms with Gasteiger partial charge < -0.3 is 9.88 Å². The maximum atomic E-state index is 13.3. The fourth-order valence-corrected chi connectivity index (χ4v) is 3.46. The van der Waals surface area contributed by atoms with Crippen molar-refractivity contribution < 1.29 is 9.18 Å². The van der Waals surface area contributed by atoms with E-state index in [0.717, 1.165) is 48.0 Å². The first-order chi connectivity index (χ1) is 11.6. The van der Waals surface area contributed by atoms with Gasteiger partial charge in [-0.15, -0.1) is 0 Å². The average Bonchev–Trinajstić information content (AvgIpc) is 3.21. The number of nitrogens with one attached hydrogen (secondary N) is 1. The van der Waals surface area contributed by atoms with Crippen LogP contribution in [0.2, 0.25) is 0 Å². The van der Waals surface area contributed by atoms with E-state index in [0.29, 0.717) is 6.04 Å². The summed E-state index contributed by atoms with van der Waals surface area (Å²) in [6.45, 7) is 3.18. The number of piperidine rings is 1. The summed E-state index contributed by atoms with van der Waals surface area (Å²) in [7, 11) is 0. The van der Waals surface area contributed by atoms with Crippen molar-refractivity contribution in [3.63, 3.8) is 0 Å². The lowest BCUT2D eigenvalue weighted by Crippen LogP contribution is -2.37. The summed E-state index contributed by atoms with van der Waals surface area (Å²) < 4.78 is 15.3. The van der Waals surface area contributed by atoms with E-state index in [1.807, 2.05) is 28.2 Å². The van der Waals surface area contributed by atoms with Gasteiger partial charge >= 0.3 is 0 Å². The molecule has 5 nitrogen and oxygen atoms in total. The summed E-state index contributed by atoms with van der Waals surface area (Å²) in [6, 6.07) is 5.08. The number of hydrogen-bond acceptors (Lipinski definition) is 2. The first-order valence-corrected chi connectivity index (χ1v) is 8.18. The van der Waals surface area contributed by atoms with Gasteiger partial charge in [0.15, 0.2) is 0 Å². The van der Waals surface area contributed by atoms with Crippen LogP contribution in [0.4, 0.5) is 4.39 Å². The topological polar surface area (TPSA) is 53.9 Å². The fourth-order valence-electron chi connectivity index (χ4n) is 3.46. The van der Waals surface area contributed by atoms with Gasteiger partial charge in [-0.25, -0.2) is 4.39 Å². The van der Waals surface area contributed by atoms with E-state index in [9.17, 15) is 9.18 Å². The van der Waals surface area contributed by atoms with Crippen LogP contribution >= 0.6 is 0 Å². The molecule has 1 aliphatic rings. The molecule has 1 N–H and O–H groups in total. The van der Waals surface area contributed by atoms with E-state index in [1.54, 1.807) is 13.0 Å². The van der Waals surface area contributed by atoms with Crippen LogP contribution < -0.4 is 0 Å². The van der Waals surface area contributed by atoms with Gasteiger partial charge in [-0.05, 0) is 31.0 Å². The molecule has 0 saturated carbocycles. The molecule has 2 aromatic heterocycles. The average molecular weight is 326 g/mol. The van der Waals surface area contributed by atoms with Gasteiger partial charge in [0, 0.05) is 54.4 Å². The van der Waals surface area contributed by atoms with Crippen LogP contribution in [0.1, 0.15) is 25.8 Å². The zero-order chi connectivity index (χ0) is 16.7. The molecular formula is C18H19FN4O. The Labute approximate surface area is 139 Å². The number of rotatable bonds is 2. The van der Waals surface area contributed by atoms with E-state index in [4.69, 9.17) is 0 Å². The normalized spacial score (nSPS) is 16.0. The lowest BCUT2D eigenvalue weighted by Gasteiger charge is -2.31. The monoisotopic (exact) mass is 326 g/mol. The third-order valence-corrected chi connectivity index (χ3v) is 4.84. The lowest BCUT2D eigenvalue weighted by atomic mass is 10.0. The number of carbonyl (C=O) groups excluding carboxylic acids is 1. The highest BCUT2D eigenvalue weighted by Gasteiger charge is 2.22.